The van der Waals surface area contributed by atoms with Crippen LogP contribution >= 0.6 is 0 Å². The van der Waals surface area contributed by atoms with Crippen molar-refractivity contribution in [1.29, 1.82) is 0 Å². The summed E-state index contributed by atoms with van der Waals surface area (Å²) >= 11 is 0. The molecule has 4 heterocycles. The number of benzene rings is 1. The Balaban J connectivity index is 1.08. The van der Waals surface area contributed by atoms with Crippen LogP contribution in [0.2, 0.25) is 0 Å². The molecule has 4 radical (unpaired) electrons. The van der Waals surface area contributed by atoms with Crippen LogP contribution in [-0.2, 0) is 63.6 Å². The van der Waals surface area contributed by atoms with Crippen LogP contribution in [0.5, 0.6) is 0 Å². The fourth-order valence-electron chi connectivity index (χ4n) is 18.0. The number of rotatable bonds is 46. The Kier molecular flexibility index (Phi) is 36.1. The first kappa shape index (κ1) is 93.7. The number of hydrogen-bond acceptors (Lipinski definition) is 18. The summed E-state index contributed by atoms with van der Waals surface area (Å²) in [5.74, 6) is -2.95. The number of carbonyl (C=O) groups excluding carboxylic acids is 5. The van der Waals surface area contributed by atoms with Gasteiger partial charge in [-0.1, -0.05) is 156 Å². The SMILES string of the molecule is CCCCCOC(=O)c1cc(C(=O)OCCCCCCCCCCCC(CCCC)(C(=O)OC2CC(C)(C)N([O])C(C)(C)C2)C(O)OC2CC(C)(C)N([O])C(C)(C)C2)cc(C(=O)OCCCCCCCCCCC(CCCC)(C(=O)OC2CC(C)(C)N([O])C(C)(C)C2)C(O)OC2CC(C)(C)N([O])C(C)(C)C2)c1. The lowest BCUT2D eigenvalue weighted by Gasteiger charge is -2.51. The minimum Gasteiger partial charge on any atom is -0.462 e. The van der Waals surface area contributed by atoms with Crippen LogP contribution in [0.4, 0.5) is 0 Å². The van der Waals surface area contributed by atoms with Gasteiger partial charge in [-0.3, -0.25) is 9.59 Å². The summed E-state index contributed by atoms with van der Waals surface area (Å²) in [6.45, 7) is 36.7. The van der Waals surface area contributed by atoms with Crippen LogP contribution in [0.3, 0.4) is 0 Å². The van der Waals surface area contributed by atoms with Gasteiger partial charge < -0.3 is 43.4 Å². The smallest absolute Gasteiger partial charge is 0.338 e. The predicted molar refractivity (Wildman–Crippen MR) is 410 cm³/mol. The second-order valence-corrected chi connectivity index (χ2v) is 37.5. The van der Waals surface area contributed by atoms with Crippen molar-refractivity contribution in [3.63, 3.8) is 0 Å². The van der Waals surface area contributed by atoms with E-state index in [1.807, 2.05) is 118 Å². The van der Waals surface area contributed by atoms with E-state index in [1.165, 1.54) is 18.2 Å². The molecule has 2 N–H and O–H groups in total. The number of hydroxylamine groups is 8. The normalized spacial score (nSPS) is 22.3. The number of nitrogens with zero attached hydrogens (tertiary/aromatic N) is 4. The molecule has 0 amide bonds. The Hall–Kier alpha value is -3.91. The van der Waals surface area contributed by atoms with Crippen molar-refractivity contribution < 1.29 is 88.2 Å². The van der Waals surface area contributed by atoms with Gasteiger partial charge in [-0.15, -0.1) is 41.1 Å². The lowest BCUT2D eigenvalue weighted by Crippen LogP contribution is -2.61. The number of carbonyl (C=O) groups is 5. The summed E-state index contributed by atoms with van der Waals surface area (Å²) in [5.41, 5.74) is -8.56. The van der Waals surface area contributed by atoms with Crippen LogP contribution in [0, 0.1) is 10.8 Å². The third-order valence-corrected chi connectivity index (χ3v) is 23.5. The molecule has 4 aliphatic heterocycles. The Bertz CT molecular complexity index is 2840. The van der Waals surface area contributed by atoms with Crippen molar-refractivity contribution in [1.82, 2.24) is 20.3 Å². The standard InChI is InChI=1S/C85H146N4O18/c1-20-23-41-48-101-69(90)62-51-63(70(91)102-49-42-37-33-29-26-27-31-35-39-46-84(44-24-21-2,72(93)104-65-54-76(4,5)86(97)77(6,7)55-65)73(94)105-66-56-78(8,9)87(98)79(10,11)57-66)53-64(52-62)71(92)103-50-43-38-34-30-28-32-36-40-47-85(45-25-22-3,74(95)106-67-58-80(12,13)88(99)81(14,15)59-67)75(96)107-68-60-82(16,17)89(100)83(18,19)61-68/h51-53,65-68,72,74,93,95H,20-50,54-61H2,1-19H3. The Morgan fingerprint density at radius 1 is 0.336 bits per heavy atom. The molecule has 614 valence electrons. The van der Waals surface area contributed by atoms with Gasteiger partial charge in [0.05, 0.1) is 48.7 Å². The molecule has 4 saturated heterocycles. The summed E-state index contributed by atoms with van der Waals surface area (Å²) in [5, 5.41) is 82.1. The molecule has 4 fully saturated rings. The van der Waals surface area contributed by atoms with Crippen LogP contribution in [0.25, 0.3) is 0 Å². The van der Waals surface area contributed by atoms with E-state index in [0.717, 1.165) is 129 Å². The van der Waals surface area contributed by atoms with Crippen LogP contribution in [-0.4, -0.2) is 161 Å². The third-order valence-electron chi connectivity index (χ3n) is 23.5. The average molecular weight is 1510 g/mol. The zero-order valence-corrected chi connectivity index (χ0v) is 70.0. The maximum absolute atomic E-state index is 14.8. The van der Waals surface area contributed by atoms with Crippen LogP contribution < -0.4 is 0 Å². The van der Waals surface area contributed by atoms with Gasteiger partial charge in [-0.2, -0.15) is 0 Å². The monoisotopic (exact) mass is 1510 g/mol. The van der Waals surface area contributed by atoms with Crippen molar-refractivity contribution in [2.75, 3.05) is 19.8 Å². The molecule has 22 nitrogen and oxygen atoms in total. The van der Waals surface area contributed by atoms with E-state index in [1.54, 1.807) is 0 Å². The zero-order chi connectivity index (χ0) is 80.0. The summed E-state index contributed by atoms with van der Waals surface area (Å²) in [6.07, 6.45) is 19.4. The van der Waals surface area contributed by atoms with Gasteiger partial charge in [-0.05, 0) is 200 Å². The van der Waals surface area contributed by atoms with Gasteiger partial charge in [0.15, 0.2) is 12.6 Å². The van der Waals surface area contributed by atoms with Gasteiger partial charge in [0.2, 0.25) is 0 Å². The lowest BCUT2D eigenvalue weighted by atomic mass is 9.75. The van der Waals surface area contributed by atoms with E-state index in [2.05, 4.69) is 13.8 Å². The molecule has 1 aromatic rings. The Labute approximate surface area is 644 Å². The average Bonchev–Trinajstić information content (AvgIpc) is 0.648. The summed E-state index contributed by atoms with van der Waals surface area (Å²) < 4.78 is 42.9. The van der Waals surface area contributed by atoms with Crippen molar-refractivity contribution in [2.24, 2.45) is 10.8 Å². The number of esters is 5. The molecule has 4 aliphatic rings. The molecule has 107 heavy (non-hydrogen) atoms. The molecule has 22 heteroatoms. The maximum Gasteiger partial charge on any atom is 0.338 e. The number of aliphatic hydroxyl groups is 2. The van der Waals surface area contributed by atoms with Gasteiger partial charge in [0.1, 0.15) is 23.0 Å². The molecule has 4 unspecified atom stereocenters. The Morgan fingerprint density at radius 3 is 0.785 bits per heavy atom. The topological polar surface area (TPSA) is 283 Å². The summed E-state index contributed by atoms with van der Waals surface area (Å²) in [7, 11) is 0. The maximum atomic E-state index is 14.8. The molecule has 0 bridgehead atoms. The summed E-state index contributed by atoms with van der Waals surface area (Å²) in [4.78, 5) is 70.1. The predicted octanol–water partition coefficient (Wildman–Crippen LogP) is 18.3. The highest BCUT2D eigenvalue weighted by molar-refractivity contribution is 6.00. The molecular formula is C85H146N4O18. The molecule has 0 aliphatic carbocycles. The number of ether oxygens (including phenoxy) is 7. The lowest BCUT2D eigenvalue weighted by molar-refractivity contribution is -0.316. The first-order valence-corrected chi connectivity index (χ1v) is 41.5. The summed E-state index contributed by atoms with van der Waals surface area (Å²) in [6, 6.07) is 4.21. The van der Waals surface area contributed by atoms with E-state index in [9.17, 15) is 55.0 Å². The minimum absolute atomic E-state index is 0.0509. The fourth-order valence-corrected chi connectivity index (χ4v) is 18.0. The second-order valence-electron chi connectivity index (χ2n) is 37.5. The quantitative estimate of drug-likeness (QED) is 0.0265. The van der Waals surface area contributed by atoms with Crippen LogP contribution in [0.1, 0.15) is 394 Å². The minimum atomic E-state index is -1.47. The van der Waals surface area contributed by atoms with Crippen LogP contribution in [0.15, 0.2) is 18.2 Å². The van der Waals surface area contributed by atoms with Gasteiger partial charge in [0.25, 0.3) is 0 Å². The first-order chi connectivity index (χ1) is 49.9. The van der Waals surface area contributed by atoms with Gasteiger partial charge >= 0.3 is 29.8 Å². The molecule has 0 aromatic heterocycles. The molecular weight excluding hydrogens is 1360 g/mol. The first-order valence-electron chi connectivity index (χ1n) is 41.5. The third kappa shape index (κ3) is 26.9. The van der Waals surface area contributed by atoms with E-state index in [-0.39, 0.29) is 36.5 Å². The Morgan fingerprint density at radius 2 is 0.542 bits per heavy atom. The van der Waals surface area contributed by atoms with E-state index in [0.29, 0.717) is 122 Å². The van der Waals surface area contributed by atoms with Crippen molar-refractivity contribution >= 4 is 29.8 Å². The highest BCUT2D eigenvalue weighted by atomic mass is 16.6. The van der Waals surface area contributed by atoms with Crippen molar-refractivity contribution in [2.45, 2.75) is 444 Å². The van der Waals surface area contributed by atoms with E-state index >= 15 is 0 Å². The second kappa shape index (κ2) is 41.2. The molecule has 5 rings (SSSR count). The zero-order valence-electron chi connectivity index (χ0n) is 70.0. The number of hydrogen-bond donors (Lipinski definition) is 2. The largest absolute Gasteiger partial charge is 0.462 e. The van der Waals surface area contributed by atoms with Crippen molar-refractivity contribution in [3.05, 3.63) is 34.9 Å². The van der Waals surface area contributed by atoms with Gasteiger partial charge in [-0.25, -0.2) is 14.4 Å². The fraction of sp³-hybridized carbons (Fsp3) is 0.871. The van der Waals surface area contributed by atoms with E-state index in [4.69, 9.17) is 33.2 Å². The van der Waals surface area contributed by atoms with Crippen molar-refractivity contribution in [3.8, 4) is 0 Å². The molecule has 1 aromatic carbocycles. The number of piperidine rings is 4. The molecule has 0 saturated carbocycles. The van der Waals surface area contributed by atoms with E-state index < -0.39 is 122 Å². The highest BCUT2D eigenvalue weighted by Gasteiger charge is 2.57. The number of unbranched alkanes of at least 4 members (excludes halogenated alkanes) is 19. The molecule has 0 spiro atoms. The highest BCUT2D eigenvalue weighted by Crippen LogP contribution is 2.48. The molecule has 4 atom stereocenters. The number of aliphatic hydroxyl groups excluding tert-OH is 2. The van der Waals surface area contributed by atoms with Gasteiger partial charge in [0, 0.05) is 70.0 Å².